The molecule has 1 amide bonds. The fraction of sp³-hybridized carbons (Fsp3) is 0.130. The first-order valence-electron chi connectivity index (χ1n) is 9.80. The van der Waals surface area contributed by atoms with Crippen LogP contribution in [0, 0.1) is 11.3 Å². The van der Waals surface area contributed by atoms with E-state index in [1.807, 2.05) is 24.3 Å². The second-order valence-corrected chi connectivity index (χ2v) is 9.23. The zero-order chi connectivity index (χ0) is 22.9. The van der Waals surface area contributed by atoms with Crippen molar-refractivity contribution in [3.63, 3.8) is 0 Å². The van der Waals surface area contributed by atoms with Gasteiger partial charge in [-0.15, -0.1) is 0 Å². The van der Waals surface area contributed by atoms with Gasteiger partial charge in [-0.2, -0.15) is 10.4 Å². The maximum Gasteiger partial charge on any atom is 0.275 e. The van der Waals surface area contributed by atoms with Gasteiger partial charge in [0.05, 0.1) is 16.1 Å². The van der Waals surface area contributed by atoms with Gasteiger partial charge in [0.25, 0.3) is 5.91 Å². The SMILES string of the molecule is CCc1ccc(-c2cc3cc(NC(=O)c4nc(C#N)ccc4S(C)(=O)=O)ccn3n2)cc1. The number of benzene rings is 1. The maximum atomic E-state index is 12.8. The largest absolute Gasteiger partial charge is 0.320 e. The fourth-order valence-electron chi connectivity index (χ4n) is 3.29. The number of nitriles is 1. The predicted octanol–water partition coefficient (Wildman–Crippen LogP) is 3.49. The van der Waals surface area contributed by atoms with Crippen molar-refractivity contribution in [2.24, 2.45) is 0 Å². The molecule has 160 valence electrons. The van der Waals surface area contributed by atoms with Crippen LogP contribution < -0.4 is 5.32 Å². The van der Waals surface area contributed by atoms with Gasteiger partial charge in [0.15, 0.2) is 9.84 Å². The minimum atomic E-state index is -3.71. The van der Waals surface area contributed by atoms with E-state index >= 15 is 0 Å². The summed E-state index contributed by atoms with van der Waals surface area (Å²) in [7, 11) is -3.71. The molecule has 1 aromatic carbocycles. The van der Waals surface area contributed by atoms with Crippen molar-refractivity contribution >= 4 is 26.9 Å². The van der Waals surface area contributed by atoms with E-state index in [0.717, 1.165) is 29.5 Å². The zero-order valence-corrected chi connectivity index (χ0v) is 18.2. The summed E-state index contributed by atoms with van der Waals surface area (Å²) in [6.07, 6.45) is 3.65. The summed E-state index contributed by atoms with van der Waals surface area (Å²) in [6, 6.07) is 17.7. The molecule has 0 aliphatic carbocycles. The Morgan fingerprint density at radius 2 is 1.88 bits per heavy atom. The number of hydrogen-bond donors (Lipinski definition) is 1. The molecular weight excluding hydrogens is 426 g/mol. The van der Waals surface area contributed by atoms with E-state index in [1.165, 1.54) is 17.7 Å². The molecule has 0 aliphatic heterocycles. The number of hydrogen-bond acceptors (Lipinski definition) is 6. The molecule has 32 heavy (non-hydrogen) atoms. The summed E-state index contributed by atoms with van der Waals surface area (Å²) in [6.45, 7) is 2.10. The van der Waals surface area contributed by atoms with E-state index in [-0.39, 0.29) is 16.3 Å². The third kappa shape index (κ3) is 4.22. The van der Waals surface area contributed by atoms with Gasteiger partial charge in [-0.3, -0.25) is 4.79 Å². The highest BCUT2D eigenvalue weighted by Crippen LogP contribution is 2.23. The molecule has 3 heterocycles. The van der Waals surface area contributed by atoms with E-state index in [4.69, 9.17) is 5.26 Å². The van der Waals surface area contributed by atoms with E-state index < -0.39 is 15.7 Å². The number of rotatable bonds is 5. The molecule has 0 saturated carbocycles. The molecule has 9 heteroatoms. The Kier molecular flexibility index (Phi) is 5.47. The average molecular weight is 446 g/mol. The van der Waals surface area contributed by atoms with Crippen LogP contribution in [0.3, 0.4) is 0 Å². The normalized spacial score (nSPS) is 11.3. The van der Waals surface area contributed by atoms with Gasteiger partial charge in [0.1, 0.15) is 17.5 Å². The Bertz CT molecular complexity index is 1480. The van der Waals surface area contributed by atoms with Crippen molar-refractivity contribution in [2.45, 2.75) is 18.2 Å². The number of carbonyl (C=O) groups is 1. The molecule has 0 aliphatic rings. The van der Waals surface area contributed by atoms with Crippen LogP contribution in [0.2, 0.25) is 0 Å². The highest BCUT2D eigenvalue weighted by molar-refractivity contribution is 7.90. The molecule has 0 radical (unpaired) electrons. The van der Waals surface area contributed by atoms with Crippen LogP contribution in [0.15, 0.2) is 65.7 Å². The molecule has 3 aromatic heterocycles. The van der Waals surface area contributed by atoms with Crippen molar-refractivity contribution in [1.82, 2.24) is 14.6 Å². The van der Waals surface area contributed by atoms with E-state index in [9.17, 15) is 13.2 Å². The van der Waals surface area contributed by atoms with Gasteiger partial charge in [-0.25, -0.2) is 17.9 Å². The quantitative estimate of drug-likeness (QED) is 0.503. The Labute approximate surface area is 185 Å². The average Bonchev–Trinajstić information content (AvgIpc) is 3.21. The van der Waals surface area contributed by atoms with Gasteiger partial charge in [-0.1, -0.05) is 31.2 Å². The molecule has 4 rings (SSSR count). The van der Waals surface area contributed by atoms with Gasteiger partial charge in [-0.05, 0) is 42.3 Å². The molecule has 0 saturated heterocycles. The predicted molar refractivity (Wildman–Crippen MR) is 120 cm³/mol. The summed E-state index contributed by atoms with van der Waals surface area (Å²) in [5.41, 5.74) is 3.83. The van der Waals surface area contributed by atoms with Gasteiger partial charge >= 0.3 is 0 Å². The molecule has 0 atom stereocenters. The third-order valence-corrected chi connectivity index (χ3v) is 6.09. The molecule has 8 nitrogen and oxygen atoms in total. The first-order chi connectivity index (χ1) is 15.3. The first kappa shape index (κ1) is 21.2. The molecule has 0 unspecified atom stereocenters. The van der Waals surface area contributed by atoms with E-state index in [2.05, 4.69) is 34.5 Å². The van der Waals surface area contributed by atoms with Crippen LogP contribution >= 0.6 is 0 Å². The topological polar surface area (TPSA) is 117 Å². The molecule has 1 N–H and O–H groups in total. The minimum Gasteiger partial charge on any atom is -0.320 e. The molecule has 0 bridgehead atoms. The second kappa shape index (κ2) is 8.24. The fourth-order valence-corrected chi connectivity index (χ4v) is 4.09. The number of amides is 1. The number of sulfone groups is 1. The number of aromatic nitrogens is 3. The van der Waals surface area contributed by atoms with E-state index in [0.29, 0.717) is 5.69 Å². The Morgan fingerprint density at radius 3 is 2.53 bits per heavy atom. The second-order valence-electron chi connectivity index (χ2n) is 7.25. The van der Waals surface area contributed by atoms with Crippen LogP contribution in [-0.2, 0) is 16.3 Å². The first-order valence-corrected chi connectivity index (χ1v) is 11.7. The summed E-state index contributed by atoms with van der Waals surface area (Å²) in [5, 5.41) is 16.3. The lowest BCUT2D eigenvalue weighted by Gasteiger charge is -2.09. The Balaban J connectivity index is 1.65. The Morgan fingerprint density at radius 1 is 1.12 bits per heavy atom. The monoisotopic (exact) mass is 445 g/mol. The zero-order valence-electron chi connectivity index (χ0n) is 17.4. The number of nitrogens with zero attached hydrogens (tertiary/aromatic N) is 4. The maximum absolute atomic E-state index is 12.8. The Hall–Kier alpha value is -4.03. The van der Waals surface area contributed by atoms with Crippen molar-refractivity contribution in [3.8, 4) is 17.3 Å². The van der Waals surface area contributed by atoms with Gasteiger partial charge < -0.3 is 5.32 Å². The lowest BCUT2D eigenvalue weighted by atomic mass is 10.1. The smallest absolute Gasteiger partial charge is 0.275 e. The van der Waals surface area contributed by atoms with Crippen molar-refractivity contribution in [2.75, 3.05) is 11.6 Å². The summed E-state index contributed by atoms with van der Waals surface area (Å²) in [5.74, 6) is -0.721. The molecule has 0 fully saturated rings. The van der Waals surface area contributed by atoms with Gasteiger partial charge in [0, 0.05) is 23.7 Å². The number of anilines is 1. The number of aryl methyl sites for hydroxylation is 1. The van der Waals surface area contributed by atoms with Crippen molar-refractivity contribution in [3.05, 3.63) is 77.7 Å². The van der Waals surface area contributed by atoms with Crippen molar-refractivity contribution in [1.29, 1.82) is 5.26 Å². The number of fused-ring (bicyclic) bond motifs is 1. The van der Waals surface area contributed by atoms with Crippen LogP contribution in [0.1, 0.15) is 28.7 Å². The molecular formula is C23H19N5O3S. The van der Waals surface area contributed by atoms with Crippen LogP contribution in [0.25, 0.3) is 16.8 Å². The van der Waals surface area contributed by atoms with Crippen molar-refractivity contribution < 1.29 is 13.2 Å². The number of pyridine rings is 2. The lowest BCUT2D eigenvalue weighted by Crippen LogP contribution is -2.18. The summed E-state index contributed by atoms with van der Waals surface area (Å²) in [4.78, 5) is 16.5. The van der Waals surface area contributed by atoms with Crippen LogP contribution in [-0.4, -0.2) is 35.2 Å². The standard InChI is InChI=1S/C23H19N5O3S/c1-3-15-4-6-16(7-5-15)20-13-19-12-17(10-11-28(19)27-20)26-23(29)22-21(32(2,30)31)9-8-18(14-24)25-22/h4-13H,3H2,1-2H3,(H,26,29). The third-order valence-electron chi connectivity index (χ3n) is 4.97. The van der Waals surface area contributed by atoms with E-state index in [1.54, 1.807) is 22.8 Å². The minimum absolute atomic E-state index is 0.0486. The van der Waals surface area contributed by atoms with Gasteiger partial charge in [0.2, 0.25) is 0 Å². The summed E-state index contributed by atoms with van der Waals surface area (Å²) >= 11 is 0. The molecule has 4 aromatic rings. The molecule has 0 spiro atoms. The lowest BCUT2D eigenvalue weighted by molar-refractivity contribution is 0.101. The number of carbonyl (C=O) groups excluding carboxylic acids is 1. The highest BCUT2D eigenvalue weighted by atomic mass is 32.2. The summed E-state index contributed by atoms with van der Waals surface area (Å²) < 4.78 is 25.8. The highest BCUT2D eigenvalue weighted by Gasteiger charge is 2.21. The number of nitrogens with one attached hydrogen (secondary N) is 1. The van der Waals surface area contributed by atoms with Crippen LogP contribution in [0.4, 0.5) is 5.69 Å². The van der Waals surface area contributed by atoms with Crippen LogP contribution in [0.5, 0.6) is 0 Å².